The molecular formula is C14H24ClN3O. The normalized spacial score (nSPS) is 30.8. The van der Waals surface area contributed by atoms with E-state index in [1.54, 1.807) is 0 Å². The smallest absolute Gasteiger partial charge is 0.243 e. The van der Waals surface area contributed by atoms with Crippen molar-refractivity contribution in [1.29, 1.82) is 0 Å². The predicted molar refractivity (Wildman–Crippen MR) is 76.5 cm³/mol. The Hall–Kier alpha value is -0.610. The van der Waals surface area contributed by atoms with Gasteiger partial charge < -0.3 is 9.84 Å². The Labute approximate surface area is 121 Å². The molecule has 1 aliphatic heterocycles. The van der Waals surface area contributed by atoms with Gasteiger partial charge in [0.1, 0.15) is 0 Å². The molecule has 1 aliphatic carbocycles. The summed E-state index contributed by atoms with van der Waals surface area (Å²) in [4.78, 5) is 4.58. The first-order valence-electron chi connectivity index (χ1n) is 7.14. The molecule has 0 bridgehead atoms. The number of nitrogens with zero attached hydrogens (tertiary/aromatic N) is 2. The van der Waals surface area contributed by atoms with Gasteiger partial charge in [0.25, 0.3) is 0 Å². The van der Waals surface area contributed by atoms with E-state index < -0.39 is 0 Å². The van der Waals surface area contributed by atoms with E-state index in [2.05, 4.69) is 36.2 Å². The van der Waals surface area contributed by atoms with Gasteiger partial charge in [-0.15, -0.1) is 12.4 Å². The minimum Gasteiger partial charge on any atom is -0.338 e. The SMILES string of the molecule is CC(C)(C)c1noc(C2CC3CCCCC3N2)n1.Cl. The van der Waals surface area contributed by atoms with Crippen molar-refractivity contribution < 1.29 is 4.52 Å². The van der Waals surface area contributed by atoms with Crippen molar-refractivity contribution in [1.82, 2.24) is 15.5 Å². The Morgan fingerprint density at radius 2 is 1.95 bits per heavy atom. The zero-order valence-electron chi connectivity index (χ0n) is 12.0. The Kier molecular flexibility index (Phi) is 4.21. The van der Waals surface area contributed by atoms with Gasteiger partial charge in [0.15, 0.2) is 5.82 Å². The fraction of sp³-hybridized carbons (Fsp3) is 0.857. The fourth-order valence-corrected chi connectivity index (χ4v) is 3.19. The van der Waals surface area contributed by atoms with Crippen LogP contribution in [0.2, 0.25) is 0 Å². The summed E-state index contributed by atoms with van der Waals surface area (Å²) in [5.74, 6) is 2.41. The molecule has 5 heteroatoms. The Balaban J connectivity index is 0.00000133. The second-order valence-electron chi connectivity index (χ2n) is 6.81. The summed E-state index contributed by atoms with van der Waals surface area (Å²) in [6, 6.07) is 0.954. The second kappa shape index (κ2) is 5.41. The van der Waals surface area contributed by atoms with Gasteiger partial charge in [-0.2, -0.15) is 4.98 Å². The molecule has 19 heavy (non-hydrogen) atoms. The zero-order valence-corrected chi connectivity index (χ0v) is 12.8. The molecule has 1 aromatic heterocycles. The van der Waals surface area contributed by atoms with E-state index in [4.69, 9.17) is 4.52 Å². The summed E-state index contributed by atoms with van der Waals surface area (Å²) in [5, 5.41) is 7.80. The van der Waals surface area contributed by atoms with Gasteiger partial charge in [0.2, 0.25) is 5.89 Å². The average molecular weight is 286 g/mol. The molecule has 1 saturated carbocycles. The monoisotopic (exact) mass is 285 g/mol. The van der Waals surface area contributed by atoms with Gasteiger partial charge in [-0.05, 0) is 25.2 Å². The van der Waals surface area contributed by atoms with E-state index in [0.29, 0.717) is 6.04 Å². The maximum atomic E-state index is 5.46. The first-order chi connectivity index (χ1) is 8.54. The number of rotatable bonds is 1. The number of hydrogen-bond acceptors (Lipinski definition) is 4. The lowest BCUT2D eigenvalue weighted by Gasteiger charge is -2.24. The minimum atomic E-state index is -0.0346. The molecule has 1 aromatic rings. The van der Waals surface area contributed by atoms with Crippen LogP contribution in [-0.4, -0.2) is 16.2 Å². The van der Waals surface area contributed by atoms with Gasteiger partial charge in [-0.3, -0.25) is 0 Å². The van der Waals surface area contributed by atoms with Gasteiger partial charge in [0.05, 0.1) is 6.04 Å². The summed E-state index contributed by atoms with van der Waals surface area (Å²) in [5.41, 5.74) is -0.0346. The van der Waals surface area contributed by atoms with Crippen LogP contribution in [0.5, 0.6) is 0 Å². The van der Waals surface area contributed by atoms with Crippen LogP contribution in [0.15, 0.2) is 4.52 Å². The number of fused-ring (bicyclic) bond motifs is 1. The molecule has 2 aliphatic rings. The Morgan fingerprint density at radius 1 is 1.21 bits per heavy atom. The topological polar surface area (TPSA) is 51.0 Å². The van der Waals surface area contributed by atoms with Gasteiger partial charge in [0, 0.05) is 11.5 Å². The summed E-state index contributed by atoms with van der Waals surface area (Å²) in [6.45, 7) is 6.34. The lowest BCUT2D eigenvalue weighted by molar-refractivity contribution is 0.323. The summed E-state index contributed by atoms with van der Waals surface area (Å²) in [7, 11) is 0. The number of aromatic nitrogens is 2. The predicted octanol–water partition coefficient (Wildman–Crippen LogP) is 3.38. The highest BCUT2D eigenvalue weighted by molar-refractivity contribution is 5.85. The van der Waals surface area contributed by atoms with E-state index in [-0.39, 0.29) is 23.9 Å². The lowest BCUT2D eigenvalue weighted by Crippen LogP contribution is -2.30. The van der Waals surface area contributed by atoms with Crippen LogP contribution in [0.1, 0.15) is 70.6 Å². The Morgan fingerprint density at radius 3 is 2.58 bits per heavy atom. The molecule has 4 nitrogen and oxygen atoms in total. The molecule has 0 amide bonds. The Bertz CT molecular complexity index is 413. The van der Waals surface area contributed by atoms with Gasteiger partial charge in [-0.1, -0.05) is 38.8 Å². The third kappa shape index (κ3) is 2.95. The van der Waals surface area contributed by atoms with Crippen molar-refractivity contribution in [3.05, 3.63) is 11.7 Å². The first-order valence-corrected chi connectivity index (χ1v) is 7.14. The standard InChI is InChI=1S/C14H23N3O.ClH/c1-14(2,3)13-16-12(18-17-13)11-8-9-6-4-5-7-10(9)15-11;/h9-11,15H,4-8H2,1-3H3;1H. The van der Waals surface area contributed by atoms with Crippen LogP contribution in [-0.2, 0) is 5.41 Å². The maximum absolute atomic E-state index is 5.46. The van der Waals surface area contributed by atoms with E-state index in [9.17, 15) is 0 Å². The highest BCUT2D eigenvalue weighted by atomic mass is 35.5. The van der Waals surface area contributed by atoms with E-state index in [1.807, 2.05) is 0 Å². The second-order valence-corrected chi connectivity index (χ2v) is 6.81. The molecule has 2 heterocycles. The number of halogens is 1. The van der Waals surface area contributed by atoms with E-state index >= 15 is 0 Å². The molecule has 108 valence electrons. The van der Waals surface area contributed by atoms with E-state index in [0.717, 1.165) is 24.1 Å². The molecule has 1 saturated heterocycles. The van der Waals surface area contributed by atoms with Crippen molar-refractivity contribution in [2.45, 2.75) is 70.4 Å². The van der Waals surface area contributed by atoms with Crippen LogP contribution in [0.4, 0.5) is 0 Å². The van der Waals surface area contributed by atoms with Crippen LogP contribution < -0.4 is 5.32 Å². The molecule has 3 unspecified atom stereocenters. The summed E-state index contributed by atoms with van der Waals surface area (Å²) in [6.07, 6.45) is 6.57. The van der Waals surface area contributed by atoms with Crippen molar-refractivity contribution in [2.75, 3.05) is 0 Å². The van der Waals surface area contributed by atoms with Crippen LogP contribution in [0.3, 0.4) is 0 Å². The summed E-state index contributed by atoms with van der Waals surface area (Å²) >= 11 is 0. The van der Waals surface area contributed by atoms with Crippen LogP contribution in [0, 0.1) is 5.92 Å². The van der Waals surface area contributed by atoms with E-state index in [1.165, 1.54) is 25.7 Å². The third-order valence-corrected chi connectivity index (χ3v) is 4.27. The number of hydrogen-bond donors (Lipinski definition) is 1. The molecule has 0 aromatic carbocycles. The van der Waals surface area contributed by atoms with Gasteiger partial charge >= 0.3 is 0 Å². The molecule has 3 rings (SSSR count). The van der Waals surface area contributed by atoms with Gasteiger partial charge in [-0.25, -0.2) is 0 Å². The van der Waals surface area contributed by atoms with Crippen LogP contribution >= 0.6 is 12.4 Å². The van der Waals surface area contributed by atoms with Crippen molar-refractivity contribution in [3.63, 3.8) is 0 Å². The van der Waals surface area contributed by atoms with Crippen molar-refractivity contribution in [3.8, 4) is 0 Å². The quantitative estimate of drug-likeness (QED) is 0.859. The highest BCUT2D eigenvalue weighted by Crippen LogP contribution is 2.38. The first kappa shape index (κ1) is 14.8. The minimum absolute atomic E-state index is 0. The fourth-order valence-electron chi connectivity index (χ4n) is 3.19. The zero-order chi connectivity index (χ0) is 12.8. The van der Waals surface area contributed by atoms with Crippen molar-refractivity contribution in [2.24, 2.45) is 5.92 Å². The lowest BCUT2D eigenvalue weighted by atomic mass is 9.85. The molecule has 0 spiro atoms. The molecule has 1 N–H and O–H groups in total. The molecule has 0 radical (unpaired) electrons. The van der Waals surface area contributed by atoms with Crippen LogP contribution in [0.25, 0.3) is 0 Å². The largest absolute Gasteiger partial charge is 0.338 e. The number of nitrogens with one attached hydrogen (secondary N) is 1. The highest BCUT2D eigenvalue weighted by Gasteiger charge is 2.38. The molecule has 2 fully saturated rings. The van der Waals surface area contributed by atoms with Crippen molar-refractivity contribution >= 4 is 12.4 Å². The molecule has 3 atom stereocenters. The summed E-state index contributed by atoms with van der Waals surface area (Å²) < 4.78 is 5.46. The maximum Gasteiger partial charge on any atom is 0.243 e. The average Bonchev–Trinajstić information content (AvgIpc) is 2.94. The molecular weight excluding hydrogens is 262 g/mol. The third-order valence-electron chi connectivity index (χ3n) is 4.27.